The van der Waals surface area contributed by atoms with Crippen LogP contribution in [-0.4, -0.2) is 58.4 Å². The maximum atomic E-state index is 12.4. The van der Waals surface area contributed by atoms with Crippen LogP contribution < -0.4 is 10.2 Å². The van der Waals surface area contributed by atoms with Crippen LogP contribution in [0.1, 0.15) is 10.5 Å². The number of benzene rings is 1. The van der Waals surface area contributed by atoms with E-state index in [0.717, 1.165) is 31.9 Å². The standard InChI is InChI=1S/C18H20N6O/c1-22-9-11-23(12-10-22)15-5-3-14(4-6-15)20-17(25)16-13-24-8-2-7-19-18(24)21-16/h2-8,13H,9-12H2,1H3,(H,20,25). The predicted molar refractivity (Wildman–Crippen MR) is 97.1 cm³/mol. The second-order valence-corrected chi connectivity index (χ2v) is 6.24. The van der Waals surface area contributed by atoms with Gasteiger partial charge in [-0.25, -0.2) is 9.97 Å². The molecule has 1 aliphatic rings. The van der Waals surface area contributed by atoms with Crippen LogP contribution in [0.2, 0.25) is 0 Å². The van der Waals surface area contributed by atoms with E-state index in [1.807, 2.05) is 30.5 Å². The molecule has 2 aromatic heterocycles. The fourth-order valence-electron chi connectivity index (χ4n) is 2.95. The topological polar surface area (TPSA) is 65.8 Å². The number of imidazole rings is 1. The number of likely N-dealkylation sites (N-methyl/N-ethyl adjacent to an activating group) is 1. The van der Waals surface area contributed by atoms with E-state index in [-0.39, 0.29) is 5.91 Å². The maximum Gasteiger partial charge on any atom is 0.275 e. The molecule has 0 radical (unpaired) electrons. The number of nitrogens with zero attached hydrogens (tertiary/aromatic N) is 5. The molecule has 1 saturated heterocycles. The Labute approximate surface area is 145 Å². The third-order valence-electron chi connectivity index (χ3n) is 4.46. The minimum Gasteiger partial charge on any atom is -0.369 e. The van der Waals surface area contributed by atoms with Gasteiger partial charge in [-0.05, 0) is 37.4 Å². The molecule has 1 aliphatic heterocycles. The summed E-state index contributed by atoms with van der Waals surface area (Å²) in [4.78, 5) is 25.4. The van der Waals surface area contributed by atoms with Crippen molar-refractivity contribution in [1.29, 1.82) is 0 Å². The van der Waals surface area contributed by atoms with Crippen LogP contribution in [0, 0.1) is 0 Å². The summed E-state index contributed by atoms with van der Waals surface area (Å²) in [6.45, 7) is 4.19. The molecule has 1 fully saturated rings. The average Bonchev–Trinajstić information content (AvgIpc) is 3.07. The Morgan fingerprint density at radius 1 is 1.12 bits per heavy atom. The first kappa shape index (κ1) is 15.6. The van der Waals surface area contributed by atoms with E-state index >= 15 is 0 Å². The Morgan fingerprint density at radius 3 is 2.60 bits per heavy atom. The minimum atomic E-state index is -0.238. The fraction of sp³-hybridized carbons (Fsp3) is 0.278. The maximum absolute atomic E-state index is 12.4. The molecule has 25 heavy (non-hydrogen) atoms. The molecule has 0 unspecified atom stereocenters. The van der Waals surface area contributed by atoms with Crippen molar-refractivity contribution in [1.82, 2.24) is 19.3 Å². The van der Waals surface area contributed by atoms with Crippen molar-refractivity contribution in [3.8, 4) is 0 Å². The summed E-state index contributed by atoms with van der Waals surface area (Å²) in [5.74, 6) is 0.274. The van der Waals surface area contributed by atoms with Gasteiger partial charge in [-0.3, -0.25) is 9.20 Å². The lowest BCUT2D eigenvalue weighted by Gasteiger charge is -2.34. The molecule has 0 aliphatic carbocycles. The van der Waals surface area contributed by atoms with E-state index in [0.29, 0.717) is 11.5 Å². The van der Waals surface area contributed by atoms with Crippen LogP contribution in [0.4, 0.5) is 11.4 Å². The van der Waals surface area contributed by atoms with Crippen LogP contribution in [0.25, 0.3) is 5.78 Å². The second-order valence-electron chi connectivity index (χ2n) is 6.24. The predicted octanol–water partition coefficient (Wildman–Crippen LogP) is 1.73. The highest BCUT2D eigenvalue weighted by molar-refractivity contribution is 6.03. The van der Waals surface area contributed by atoms with Gasteiger partial charge >= 0.3 is 0 Å². The summed E-state index contributed by atoms with van der Waals surface area (Å²) in [7, 11) is 2.14. The first-order chi connectivity index (χ1) is 12.2. The summed E-state index contributed by atoms with van der Waals surface area (Å²) in [5.41, 5.74) is 2.29. The molecule has 4 rings (SSSR count). The largest absolute Gasteiger partial charge is 0.369 e. The van der Waals surface area contributed by atoms with Crippen molar-refractivity contribution in [3.05, 3.63) is 54.6 Å². The number of carbonyl (C=O) groups is 1. The number of nitrogens with one attached hydrogen (secondary N) is 1. The number of amides is 1. The Bertz CT molecular complexity index is 847. The molecule has 1 aromatic carbocycles. The molecule has 1 N–H and O–H groups in total. The van der Waals surface area contributed by atoms with Gasteiger partial charge in [-0.2, -0.15) is 0 Å². The van der Waals surface area contributed by atoms with Gasteiger partial charge in [0.1, 0.15) is 5.69 Å². The first-order valence-corrected chi connectivity index (χ1v) is 8.34. The Balaban J connectivity index is 1.44. The van der Waals surface area contributed by atoms with Gasteiger partial charge in [0.25, 0.3) is 5.91 Å². The van der Waals surface area contributed by atoms with Gasteiger partial charge in [0.2, 0.25) is 5.78 Å². The Hall–Kier alpha value is -2.93. The highest BCUT2D eigenvalue weighted by atomic mass is 16.1. The van der Waals surface area contributed by atoms with Gasteiger partial charge in [0, 0.05) is 56.1 Å². The van der Waals surface area contributed by atoms with E-state index in [1.165, 1.54) is 5.69 Å². The van der Waals surface area contributed by atoms with Crippen molar-refractivity contribution in [3.63, 3.8) is 0 Å². The molecule has 3 aromatic rings. The fourth-order valence-corrected chi connectivity index (χ4v) is 2.95. The summed E-state index contributed by atoms with van der Waals surface area (Å²) in [6.07, 6.45) is 5.15. The number of piperazine rings is 1. The Kier molecular flexibility index (Phi) is 4.07. The van der Waals surface area contributed by atoms with Crippen LogP contribution >= 0.6 is 0 Å². The highest BCUT2D eigenvalue weighted by Crippen LogP contribution is 2.19. The summed E-state index contributed by atoms with van der Waals surface area (Å²) in [5, 5.41) is 2.89. The molecule has 7 heteroatoms. The molecule has 0 spiro atoms. The monoisotopic (exact) mass is 336 g/mol. The zero-order valence-electron chi connectivity index (χ0n) is 14.1. The van der Waals surface area contributed by atoms with E-state index in [4.69, 9.17) is 0 Å². The van der Waals surface area contributed by atoms with Gasteiger partial charge < -0.3 is 15.1 Å². The van der Waals surface area contributed by atoms with Crippen molar-refractivity contribution in [2.45, 2.75) is 0 Å². The van der Waals surface area contributed by atoms with Crippen molar-refractivity contribution < 1.29 is 4.79 Å². The number of rotatable bonds is 3. The Morgan fingerprint density at radius 2 is 1.88 bits per heavy atom. The molecule has 0 atom stereocenters. The van der Waals surface area contributed by atoms with Crippen LogP contribution in [0.15, 0.2) is 48.9 Å². The van der Waals surface area contributed by atoms with E-state index in [1.54, 1.807) is 22.9 Å². The summed E-state index contributed by atoms with van der Waals surface area (Å²) in [6, 6.07) is 9.75. The van der Waals surface area contributed by atoms with E-state index in [2.05, 4.69) is 32.1 Å². The minimum absolute atomic E-state index is 0.238. The third-order valence-corrected chi connectivity index (χ3v) is 4.46. The molecule has 3 heterocycles. The van der Waals surface area contributed by atoms with Crippen LogP contribution in [0.5, 0.6) is 0 Å². The average molecular weight is 336 g/mol. The first-order valence-electron chi connectivity index (χ1n) is 8.34. The number of anilines is 2. The summed E-state index contributed by atoms with van der Waals surface area (Å²) >= 11 is 0. The smallest absolute Gasteiger partial charge is 0.275 e. The summed E-state index contributed by atoms with van der Waals surface area (Å²) < 4.78 is 1.73. The molecule has 1 amide bonds. The lowest BCUT2D eigenvalue weighted by atomic mass is 10.2. The normalized spacial score (nSPS) is 15.5. The number of hydrogen-bond donors (Lipinski definition) is 1. The second kappa shape index (κ2) is 6.52. The third kappa shape index (κ3) is 3.32. The van der Waals surface area contributed by atoms with Crippen molar-refractivity contribution >= 4 is 23.1 Å². The van der Waals surface area contributed by atoms with Crippen LogP contribution in [-0.2, 0) is 0 Å². The number of fused-ring (bicyclic) bond motifs is 1. The van der Waals surface area contributed by atoms with Gasteiger partial charge in [0.05, 0.1) is 0 Å². The van der Waals surface area contributed by atoms with E-state index in [9.17, 15) is 4.79 Å². The molecule has 128 valence electrons. The highest BCUT2D eigenvalue weighted by Gasteiger charge is 2.15. The van der Waals surface area contributed by atoms with Gasteiger partial charge in [-0.15, -0.1) is 0 Å². The van der Waals surface area contributed by atoms with Gasteiger partial charge in [-0.1, -0.05) is 0 Å². The van der Waals surface area contributed by atoms with Crippen molar-refractivity contribution in [2.24, 2.45) is 0 Å². The molecule has 0 saturated carbocycles. The van der Waals surface area contributed by atoms with Crippen LogP contribution in [0.3, 0.4) is 0 Å². The quantitative estimate of drug-likeness (QED) is 0.789. The zero-order valence-corrected chi connectivity index (χ0v) is 14.1. The zero-order chi connectivity index (χ0) is 17.2. The van der Waals surface area contributed by atoms with E-state index < -0.39 is 0 Å². The number of carbonyl (C=O) groups excluding carboxylic acids is 1. The molecule has 0 bridgehead atoms. The van der Waals surface area contributed by atoms with Crippen molar-refractivity contribution in [2.75, 3.05) is 43.4 Å². The molecule has 7 nitrogen and oxygen atoms in total. The SMILES string of the molecule is CN1CCN(c2ccc(NC(=O)c3cn4cccnc4n3)cc2)CC1. The lowest BCUT2D eigenvalue weighted by molar-refractivity contribution is 0.102. The number of hydrogen-bond acceptors (Lipinski definition) is 5. The van der Waals surface area contributed by atoms with Gasteiger partial charge in [0.15, 0.2) is 0 Å². The lowest BCUT2D eigenvalue weighted by Crippen LogP contribution is -2.44. The molecular weight excluding hydrogens is 316 g/mol. The molecular formula is C18H20N6O. The number of aromatic nitrogens is 3.